The molecule has 0 bridgehead atoms. The van der Waals surface area contributed by atoms with Crippen molar-refractivity contribution in [2.24, 2.45) is 5.92 Å². The first kappa shape index (κ1) is 9.07. The Balaban J connectivity index is 3.94. The van der Waals surface area contributed by atoms with E-state index in [2.05, 4.69) is 4.94 Å². The summed E-state index contributed by atoms with van der Waals surface area (Å²) in [6.45, 7) is 2.91. The van der Waals surface area contributed by atoms with Gasteiger partial charge in [0.1, 0.15) is 11.7 Å². The largest absolute Gasteiger partial charge is 0.358 e. The Hall–Kier alpha value is -0.930. The van der Waals surface area contributed by atoms with Crippen molar-refractivity contribution >= 4 is 11.8 Å². The lowest BCUT2D eigenvalue weighted by molar-refractivity contribution is -0.188. The van der Waals surface area contributed by atoms with E-state index in [1.54, 1.807) is 6.92 Å². The zero-order valence-corrected chi connectivity index (χ0v) is 5.89. The van der Waals surface area contributed by atoms with E-state index >= 15 is 0 Å². The van der Waals surface area contributed by atoms with Crippen LogP contribution in [0.25, 0.3) is 0 Å². The molecule has 0 aliphatic heterocycles. The Bertz CT molecular complexity index is 128. The smallest absolute Gasteiger partial charge is 0.299 e. The molecule has 0 aliphatic rings. The van der Waals surface area contributed by atoms with Crippen molar-refractivity contribution in [3.05, 3.63) is 0 Å². The fourth-order valence-electron chi connectivity index (χ4n) is 0.504. The third-order valence-corrected chi connectivity index (χ3v) is 1.26. The van der Waals surface area contributed by atoms with Crippen LogP contribution in [0.3, 0.4) is 0 Å². The van der Waals surface area contributed by atoms with Crippen LogP contribution in [0.15, 0.2) is 0 Å². The van der Waals surface area contributed by atoms with Gasteiger partial charge < -0.3 is 0 Å². The Morgan fingerprint density at radius 2 is 2.10 bits per heavy atom. The quantitative estimate of drug-likeness (QED) is 0.561. The van der Waals surface area contributed by atoms with E-state index in [9.17, 15) is 14.1 Å². The molecule has 0 saturated carbocycles. The second-order valence-electron chi connectivity index (χ2n) is 1.94. The Kier molecular flexibility index (Phi) is 3.61. The number of halogens is 1. The van der Waals surface area contributed by atoms with Gasteiger partial charge in [0.2, 0.25) is 0 Å². The number of hydrogen-bond acceptors (Lipinski definition) is 3. The maximum Gasteiger partial charge on any atom is 0.358 e. The molecule has 0 aromatic heterocycles. The summed E-state index contributed by atoms with van der Waals surface area (Å²) in [7, 11) is 0. The van der Waals surface area contributed by atoms with Crippen molar-refractivity contribution in [2.45, 2.75) is 20.3 Å². The first-order valence-electron chi connectivity index (χ1n) is 2.98. The lowest BCUT2D eigenvalue weighted by Crippen LogP contribution is -2.20. The molecular formula is C6H9FO3. The highest BCUT2D eigenvalue weighted by Crippen LogP contribution is 2.02. The summed E-state index contributed by atoms with van der Waals surface area (Å²) >= 11 is 0. The molecule has 0 aromatic carbocycles. The molecule has 0 aliphatic carbocycles. The lowest BCUT2D eigenvalue weighted by atomic mass is 10.1. The summed E-state index contributed by atoms with van der Waals surface area (Å²) < 4.78 is 11.1. The van der Waals surface area contributed by atoms with Gasteiger partial charge in [0.05, 0.1) is 0 Å². The van der Waals surface area contributed by atoms with Crippen molar-refractivity contribution in [3.8, 4) is 0 Å². The molecule has 0 fully saturated rings. The summed E-state index contributed by atoms with van der Waals surface area (Å²) in [6.07, 6.45) is 0.219. The van der Waals surface area contributed by atoms with Gasteiger partial charge in [-0.2, -0.15) is 0 Å². The number of carbonyl (C=O) groups excluding carboxylic acids is 2. The van der Waals surface area contributed by atoms with Crippen molar-refractivity contribution in [2.75, 3.05) is 0 Å². The van der Waals surface area contributed by atoms with Gasteiger partial charge in [-0.15, -0.1) is 0 Å². The van der Waals surface area contributed by atoms with Crippen molar-refractivity contribution in [3.63, 3.8) is 0 Å². The van der Waals surface area contributed by atoms with Gasteiger partial charge >= 0.3 is 5.97 Å². The predicted molar refractivity (Wildman–Crippen MR) is 31.7 cm³/mol. The van der Waals surface area contributed by atoms with Crippen molar-refractivity contribution in [1.82, 2.24) is 0 Å². The van der Waals surface area contributed by atoms with Crippen LogP contribution < -0.4 is 0 Å². The molecule has 4 heteroatoms. The van der Waals surface area contributed by atoms with Crippen LogP contribution in [-0.2, 0) is 14.5 Å². The Morgan fingerprint density at radius 3 is 2.40 bits per heavy atom. The van der Waals surface area contributed by atoms with Crippen LogP contribution in [0.1, 0.15) is 20.3 Å². The van der Waals surface area contributed by atoms with E-state index < -0.39 is 11.9 Å². The van der Waals surface area contributed by atoms with E-state index in [1.165, 1.54) is 6.92 Å². The number of ketones is 1. The number of carbonyl (C=O) groups is 2. The average molecular weight is 148 g/mol. The van der Waals surface area contributed by atoms with Gasteiger partial charge in [-0.25, -0.2) is 4.79 Å². The van der Waals surface area contributed by atoms with Crippen LogP contribution in [0, 0.1) is 5.92 Å². The van der Waals surface area contributed by atoms with Gasteiger partial charge in [0.15, 0.2) is 0 Å². The molecule has 0 spiro atoms. The molecule has 0 heterocycles. The van der Waals surface area contributed by atoms with Crippen LogP contribution in [-0.4, -0.2) is 11.8 Å². The minimum Gasteiger partial charge on any atom is -0.299 e. The van der Waals surface area contributed by atoms with Gasteiger partial charge in [0, 0.05) is 10.9 Å². The summed E-state index contributed by atoms with van der Waals surface area (Å²) in [4.78, 5) is 23.8. The van der Waals surface area contributed by atoms with Gasteiger partial charge in [0.25, 0.3) is 0 Å². The zero-order chi connectivity index (χ0) is 8.15. The fourth-order valence-corrected chi connectivity index (χ4v) is 0.504. The molecule has 3 nitrogen and oxygen atoms in total. The molecule has 10 heavy (non-hydrogen) atoms. The number of Topliss-reactive ketones (excluding diaryl/α,β-unsaturated/α-hetero) is 1. The molecule has 0 N–H and O–H groups in total. The third kappa shape index (κ3) is 2.13. The van der Waals surface area contributed by atoms with E-state index in [1.807, 2.05) is 0 Å². The second-order valence-corrected chi connectivity index (χ2v) is 1.94. The number of hydrogen-bond donors (Lipinski definition) is 0. The summed E-state index contributed by atoms with van der Waals surface area (Å²) in [6, 6.07) is 0. The SMILES string of the molecule is CCC(=O)C(C)C(=O)OF. The minimum absolute atomic E-state index is 0.219. The second kappa shape index (κ2) is 3.98. The van der Waals surface area contributed by atoms with E-state index in [-0.39, 0.29) is 12.2 Å². The van der Waals surface area contributed by atoms with E-state index in [0.29, 0.717) is 0 Å². The number of rotatable bonds is 3. The first-order chi connectivity index (χ1) is 4.63. The minimum atomic E-state index is -1.12. The molecule has 1 atom stereocenters. The molecule has 0 saturated heterocycles. The standard InChI is InChI=1S/C6H9FO3/c1-3-5(8)4(2)6(9)10-7/h4H,3H2,1-2H3. The topological polar surface area (TPSA) is 43.4 Å². The van der Waals surface area contributed by atoms with Crippen LogP contribution >= 0.6 is 0 Å². The highest BCUT2D eigenvalue weighted by Gasteiger charge is 2.21. The van der Waals surface area contributed by atoms with Crippen LogP contribution in [0.2, 0.25) is 0 Å². The van der Waals surface area contributed by atoms with E-state index in [4.69, 9.17) is 0 Å². The molecule has 58 valence electrons. The summed E-state index contributed by atoms with van der Waals surface area (Å²) in [5.41, 5.74) is 0. The average Bonchev–Trinajstić information content (AvgIpc) is 2.00. The highest BCUT2D eigenvalue weighted by molar-refractivity contribution is 5.98. The molecule has 0 aromatic rings. The van der Waals surface area contributed by atoms with E-state index in [0.717, 1.165) is 0 Å². The molecule has 0 radical (unpaired) electrons. The van der Waals surface area contributed by atoms with Gasteiger partial charge in [-0.3, -0.25) is 9.74 Å². The molecular weight excluding hydrogens is 139 g/mol. The maximum absolute atomic E-state index is 11.1. The van der Waals surface area contributed by atoms with Gasteiger partial charge in [-0.1, -0.05) is 6.92 Å². The summed E-state index contributed by atoms with van der Waals surface area (Å²) in [5, 5.41) is 0. The Labute approximate surface area is 58.1 Å². The van der Waals surface area contributed by atoms with Crippen LogP contribution in [0.5, 0.6) is 0 Å². The lowest BCUT2D eigenvalue weighted by Gasteiger charge is -2.01. The third-order valence-electron chi connectivity index (χ3n) is 1.26. The van der Waals surface area contributed by atoms with Crippen molar-refractivity contribution < 1.29 is 19.1 Å². The molecule has 1 unspecified atom stereocenters. The molecule has 0 amide bonds. The maximum atomic E-state index is 11.1. The Morgan fingerprint density at radius 1 is 1.60 bits per heavy atom. The van der Waals surface area contributed by atoms with Crippen LogP contribution in [0.4, 0.5) is 4.53 Å². The zero-order valence-electron chi connectivity index (χ0n) is 5.89. The first-order valence-corrected chi connectivity index (χ1v) is 2.98. The monoisotopic (exact) mass is 148 g/mol. The highest BCUT2D eigenvalue weighted by atomic mass is 19.3. The predicted octanol–water partition coefficient (Wildman–Crippen LogP) is 1.03. The van der Waals surface area contributed by atoms with Gasteiger partial charge in [-0.05, 0) is 6.92 Å². The van der Waals surface area contributed by atoms with Crippen molar-refractivity contribution in [1.29, 1.82) is 0 Å². The summed E-state index contributed by atoms with van der Waals surface area (Å²) in [5.74, 6) is -2.41. The fraction of sp³-hybridized carbons (Fsp3) is 0.667. The normalized spacial score (nSPS) is 12.3. The molecule has 0 rings (SSSR count).